The number of phenols is 1. The highest BCUT2D eigenvalue weighted by molar-refractivity contribution is 9.09. The number of carboxylic acid groups (broad SMARTS) is 1. The highest BCUT2D eigenvalue weighted by Gasteiger charge is 2.24. The third-order valence-corrected chi connectivity index (χ3v) is 9.33. The van der Waals surface area contributed by atoms with Crippen molar-refractivity contribution < 1.29 is 43.5 Å². The van der Waals surface area contributed by atoms with Gasteiger partial charge in [-0.25, -0.2) is 14.4 Å². The van der Waals surface area contributed by atoms with Crippen molar-refractivity contribution in [3.05, 3.63) is 88.0 Å². The third-order valence-electron chi connectivity index (χ3n) is 8.41. The zero-order valence-electron chi connectivity index (χ0n) is 28.4. The number of carbonyl (C=O) groups is 3. The van der Waals surface area contributed by atoms with Crippen molar-refractivity contribution in [2.24, 2.45) is 0 Å². The molecule has 10 heteroatoms. The molecule has 0 aliphatic heterocycles. The topological polar surface area (TPSA) is 129 Å². The molecule has 3 fully saturated rings. The maximum atomic E-state index is 11.6. The van der Waals surface area contributed by atoms with Crippen LogP contribution in [-0.2, 0) is 9.47 Å². The van der Waals surface area contributed by atoms with Crippen molar-refractivity contribution in [1.82, 2.24) is 0 Å². The van der Waals surface area contributed by atoms with Crippen LogP contribution in [0, 0.1) is 20.8 Å². The van der Waals surface area contributed by atoms with Crippen LogP contribution in [0.1, 0.15) is 106 Å². The number of halogens is 1. The molecule has 3 aliphatic carbocycles. The van der Waals surface area contributed by atoms with E-state index in [9.17, 15) is 19.5 Å². The van der Waals surface area contributed by atoms with Gasteiger partial charge in [0.15, 0.2) is 0 Å². The molecule has 6 rings (SSSR count). The van der Waals surface area contributed by atoms with Crippen LogP contribution < -0.4 is 9.47 Å². The van der Waals surface area contributed by atoms with Crippen molar-refractivity contribution in [2.75, 3.05) is 14.2 Å². The second-order valence-corrected chi connectivity index (χ2v) is 13.3. The Kier molecular flexibility index (Phi) is 15.3. The zero-order chi connectivity index (χ0) is 35.2. The molecule has 0 radical (unpaired) electrons. The van der Waals surface area contributed by atoms with Gasteiger partial charge in [0, 0.05) is 4.83 Å². The lowest BCUT2D eigenvalue weighted by Crippen LogP contribution is -2.26. The van der Waals surface area contributed by atoms with Crippen LogP contribution in [-0.4, -0.2) is 59.4 Å². The molecule has 3 aromatic carbocycles. The number of esters is 2. The number of alkyl halides is 1. The third kappa shape index (κ3) is 11.0. The first-order chi connectivity index (χ1) is 23.0. The molecule has 3 aliphatic rings. The van der Waals surface area contributed by atoms with E-state index in [0.29, 0.717) is 22.6 Å². The molecule has 2 N–H and O–H groups in total. The molecule has 48 heavy (non-hydrogen) atoms. The molecule has 0 amide bonds. The van der Waals surface area contributed by atoms with E-state index in [-0.39, 0.29) is 35.1 Å². The second-order valence-electron chi connectivity index (χ2n) is 12.0. The molecule has 0 heterocycles. The number of ether oxygens (including phenoxy) is 4. The monoisotopic (exact) mass is 726 g/mol. The Morgan fingerprint density at radius 3 is 1.38 bits per heavy atom. The van der Waals surface area contributed by atoms with Gasteiger partial charge in [-0.3, -0.25) is 0 Å². The van der Waals surface area contributed by atoms with Crippen molar-refractivity contribution in [1.29, 1.82) is 0 Å². The summed E-state index contributed by atoms with van der Waals surface area (Å²) >= 11 is 3.46. The van der Waals surface area contributed by atoms with Gasteiger partial charge in [0.2, 0.25) is 0 Å². The van der Waals surface area contributed by atoms with E-state index in [1.807, 2.05) is 32.0 Å². The minimum atomic E-state index is -0.923. The molecule has 0 bridgehead atoms. The molecule has 0 atom stereocenters. The average Bonchev–Trinajstić information content (AvgIpc) is 3.02. The first-order valence-corrected chi connectivity index (χ1v) is 17.2. The molecule has 0 aromatic heterocycles. The van der Waals surface area contributed by atoms with Gasteiger partial charge in [0.1, 0.15) is 33.9 Å². The lowest BCUT2D eigenvalue weighted by Gasteiger charge is -2.28. The van der Waals surface area contributed by atoms with Gasteiger partial charge < -0.3 is 29.2 Å². The van der Waals surface area contributed by atoms with Gasteiger partial charge in [-0.2, -0.15) is 0 Å². The van der Waals surface area contributed by atoms with Crippen LogP contribution in [0.2, 0.25) is 0 Å². The van der Waals surface area contributed by atoms with Gasteiger partial charge in [-0.05, 0) is 107 Å². The fourth-order valence-electron chi connectivity index (χ4n) is 4.66. The summed E-state index contributed by atoms with van der Waals surface area (Å²) in [5.41, 5.74) is 3.53. The number of phenolic OH excluding ortho intramolecular Hbond substituents is 1. The Bertz CT molecular complexity index is 1520. The predicted octanol–water partition coefficient (Wildman–Crippen LogP) is 8.76. The number of carboxylic acids is 1. The summed E-state index contributed by atoms with van der Waals surface area (Å²) in [6.07, 6.45) is 11.3. The number of benzene rings is 3. The van der Waals surface area contributed by atoms with Gasteiger partial charge in [0.05, 0.1) is 26.4 Å². The molecule has 0 saturated heterocycles. The van der Waals surface area contributed by atoms with E-state index in [2.05, 4.69) is 20.7 Å². The summed E-state index contributed by atoms with van der Waals surface area (Å²) in [6.45, 7) is 5.54. The van der Waals surface area contributed by atoms with Crippen LogP contribution >= 0.6 is 15.9 Å². The standard InChI is InChI=1S/C13H16O3.C12H14O3.C9H10O3.C4H7Br/c1-9-5-3-8-11(13(14)15-2)12(9)16-10-6-4-7-10;1-8-4-2-7-10(12(13)14)11(8)15-9-5-3-6-9;1-6-4-3-5-7(8(6)10)9(11)12-2;5-4-2-1-3-4/h3,5,8,10H,4,6-7H2,1-2H3;2,4,7,9H,3,5-6H2,1H3,(H,13,14);3-5,10H,1-2H3;4H,1-3H2. The SMILES string of the molecule is BrC1CCC1.COC(=O)c1cccc(C)c1O.COC(=O)c1cccc(C)c1OC1CCC1.Cc1cccc(C(=O)O)c1OC1CCC1. The van der Waals surface area contributed by atoms with E-state index in [1.165, 1.54) is 52.4 Å². The number of aryl methyl sites for hydroxylation is 3. The summed E-state index contributed by atoms with van der Waals surface area (Å²) in [6, 6.07) is 15.7. The molecule has 9 nitrogen and oxygen atoms in total. The molecular weight excluding hydrogens is 680 g/mol. The van der Waals surface area contributed by atoms with Gasteiger partial charge >= 0.3 is 17.9 Å². The van der Waals surface area contributed by atoms with E-state index in [1.54, 1.807) is 37.3 Å². The Morgan fingerprint density at radius 2 is 1.00 bits per heavy atom. The molecule has 260 valence electrons. The fourth-order valence-corrected chi connectivity index (χ4v) is 5.31. The number of aromatic carboxylic acids is 1. The van der Waals surface area contributed by atoms with E-state index in [4.69, 9.17) is 19.3 Å². The van der Waals surface area contributed by atoms with Crippen LogP contribution in [0.5, 0.6) is 17.2 Å². The smallest absolute Gasteiger partial charge is 0.341 e. The van der Waals surface area contributed by atoms with E-state index in [0.717, 1.165) is 41.6 Å². The first-order valence-electron chi connectivity index (χ1n) is 16.3. The Morgan fingerprint density at radius 1 is 0.625 bits per heavy atom. The first kappa shape index (κ1) is 38.4. The number of para-hydroxylation sites is 3. The predicted molar refractivity (Wildman–Crippen MR) is 188 cm³/mol. The summed E-state index contributed by atoms with van der Waals surface area (Å²) in [5, 5.41) is 18.4. The maximum Gasteiger partial charge on any atom is 0.341 e. The number of hydrogen-bond donors (Lipinski definition) is 2. The van der Waals surface area contributed by atoms with E-state index < -0.39 is 11.9 Å². The highest BCUT2D eigenvalue weighted by atomic mass is 79.9. The Hall–Kier alpha value is -4.05. The fraction of sp³-hybridized carbons (Fsp3) is 0.447. The van der Waals surface area contributed by atoms with Crippen molar-refractivity contribution in [2.45, 2.75) is 95.6 Å². The molecular formula is C38H47BrO9. The molecule has 3 saturated carbocycles. The number of hydrogen-bond acceptors (Lipinski definition) is 8. The van der Waals surface area contributed by atoms with Crippen LogP contribution in [0.25, 0.3) is 0 Å². The minimum absolute atomic E-state index is 0.00986. The number of carbonyl (C=O) groups excluding carboxylic acids is 2. The Labute approximate surface area is 291 Å². The van der Waals surface area contributed by atoms with Crippen LogP contribution in [0.15, 0.2) is 54.6 Å². The van der Waals surface area contributed by atoms with Crippen molar-refractivity contribution in [3.8, 4) is 17.2 Å². The van der Waals surface area contributed by atoms with Crippen molar-refractivity contribution >= 4 is 33.8 Å². The zero-order valence-corrected chi connectivity index (χ0v) is 30.0. The van der Waals surface area contributed by atoms with Crippen LogP contribution in [0.3, 0.4) is 0 Å². The normalized spacial score (nSPS) is 15.1. The lowest BCUT2D eigenvalue weighted by molar-refractivity contribution is 0.0579. The lowest BCUT2D eigenvalue weighted by atomic mass is 9.96. The van der Waals surface area contributed by atoms with Crippen LogP contribution in [0.4, 0.5) is 0 Å². The maximum absolute atomic E-state index is 11.6. The summed E-state index contributed by atoms with van der Waals surface area (Å²) < 4.78 is 20.7. The summed E-state index contributed by atoms with van der Waals surface area (Å²) in [5.74, 6) is -0.569. The van der Waals surface area contributed by atoms with E-state index >= 15 is 0 Å². The highest BCUT2D eigenvalue weighted by Crippen LogP contribution is 2.32. The quantitative estimate of drug-likeness (QED) is 0.181. The number of rotatable bonds is 7. The van der Waals surface area contributed by atoms with Gasteiger partial charge in [-0.15, -0.1) is 0 Å². The summed E-state index contributed by atoms with van der Waals surface area (Å²) in [4.78, 5) is 34.4. The van der Waals surface area contributed by atoms with Crippen molar-refractivity contribution in [3.63, 3.8) is 0 Å². The molecule has 3 aromatic rings. The minimum Gasteiger partial charge on any atom is -0.507 e. The molecule has 0 unspecified atom stereocenters. The second kappa shape index (κ2) is 19.1. The number of aromatic hydroxyl groups is 1. The average molecular weight is 728 g/mol. The van der Waals surface area contributed by atoms with Gasteiger partial charge in [0.25, 0.3) is 0 Å². The van der Waals surface area contributed by atoms with Gasteiger partial charge in [-0.1, -0.05) is 58.7 Å². The molecule has 0 spiro atoms. The largest absolute Gasteiger partial charge is 0.507 e. The Balaban J connectivity index is 0.000000183. The number of methoxy groups -OCH3 is 2. The summed E-state index contributed by atoms with van der Waals surface area (Å²) in [7, 11) is 2.67.